The molecule has 1 fully saturated rings. The van der Waals surface area contributed by atoms with E-state index in [1.54, 1.807) is 34.0 Å². The van der Waals surface area contributed by atoms with Crippen LogP contribution in [-0.4, -0.2) is 329 Å². The predicted octanol–water partition coefficient (Wildman–Crippen LogP) is -8.82. The van der Waals surface area contributed by atoms with E-state index in [0.717, 1.165) is 20.8 Å². The summed E-state index contributed by atoms with van der Waals surface area (Å²) >= 11 is 5.25. The highest BCUT2D eigenvalue weighted by molar-refractivity contribution is 7.98. The number of nitrogens with two attached hydrogens (primary N) is 1. The molecule has 0 aromatic heterocycles. The molecule has 18 amide bonds. The van der Waals surface area contributed by atoms with E-state index in [2.05, 4.69) is 103 Å². The van der Waals surface area contributed by atoms with Crippen LogP contribution in [0.5, 0.6) is 11.5 Å². The van der Waals surface area contributed by atoms with Crippen molar-refractivity contribution in [2.45, 2.75) is 262 Å². The molecule has 48 nitrogen and oxygen atoms in total. The fourth-order valence-electron chi connectivity index (χ4n) is 13.2. The van der Waals surface area contributed by atoms with Crippen LogP contribution in [-0.2, 0) is 109 Å². The largest absolute Gasteiger partial charge is 0.508 e. The molecule has 748 valence electrons. The molecule has 1 aliphatic heterocycles. The Morgan fingerprint density at radius 2 is 0.754 bits per heavy atom. The first kappa shape index (κ1) is 116. The first-order valence-corrected chi connectivity index (χ1v) is 45.3. The number of amides is 18. The van der Waals surface area contributed by atoms with Crippen molar-refractivity contribution in [3.05, 3.63) is 59.7 Å². The normalized spacial score (nSPS) is 16.7. The molecule has 0 spiro atoms. The second-order valence-corrected chi connectivity index (χ2v) is 35.2. The standard InChI is InChI=1S/C84H131N19O29S2/c1-37(2)27-51(94-83(130)67(44(12)108)102-69(116)49-15-14-25-86-49)71(118)91-53(29-45-16-20-47(109)21-17-45)72(119)92-54(31-60(85)111)74(121)101-64(40(7)8)80(127)97-58(35-105)77(124)90-52(28-38(3)4)73(120)100-63(39(5)6)79(126)89-50(24-26-134-13)70(117)96-57(34-104)76(123)93-55(32-62(113)114)75(122)103-66(43(11)107)81(128)88-41(9)68(115)87-33-61(112)99-65(42(10)106)82(129)98-59(36-133)78(125)95-56(84(131)132)30-46-18-22-48(110)23-19-46/h16-23,37-44,49-59,63-67,86,104-110,133H,14-15,24-36H2,1-13H3,(H2,85,111)(H,87,115)(H,88,128)(H,89,126)(H,90,124)(H,91,118)(H,92,119)(H,93,123)(H,94,130)(H,95,125)(H,96,117)(H,97,127)(H,98,129)(H,99,112)(H,100,120)(H,101,121)(H,102,116)(H,103,122)(H,113,114)(H,131,132)/t41-,42+,43+,44+,49-,50-,51-,52-,53-,54-,55-,56-,57-,58-,59-,63-,64-,65-,66-,67-/m0/s1. The highest BCUT2D eigenvalue weighted by atomic mass is 32.2. The number of nitrogens with one attached hydrogen (secondary N) is 18. The van der Waals surface area contributed by atoms with Crippen LogP contribution < -0.4 is 101 Å². The van der Waals surface area contributed by atoms with Crippen molar-refractivity contribution < 1.29 is 142 Å². The van der Waals surface area contributed by atoms with Gasteiger partial charge in [0.15, 0.2) is 0 Å². The van der Waals surface area contributed by atoms with Crippen LogP contribution in [0.15, 0.2) is 48.5 Å². The fourth-order valence-corrected chi connectivity index (χ4v) is 14.0. The second-order valence-electron chi connectivity index (χ2n) is 33.8. The average molecular weight is 1940 g/mol. The second kappa shape index (κ2) is 57.5. The summed E-state index contributed by atoms with van der Waals surface area (Å²) in [6.07, 6.45) is -5.29. The number of carbonyl (C=O) groups is 20. The van der Waals surface area contributed by atoms with Gasteiger partial charge < -0.3 is 147 Å². The van der Waals surface area contributed by atoms with Gasteiger partial charge in [0.05, 0.1) is 57.0 Å². The van der Waals surface area contributed by atoms with Crippen molar-refractivity contribution in [2.75, 3.05) is 44.1 Å². The third-order valence-corrected chi connectivity index (χ3v) is 21.7. The molecule has 0 aliphatic carbocycles. The minimum atomic E-state index is -2.16. The molecule has 1 aliphatic rings. The van der Waals surface area contributed by atoms with Crippen LogP contribution >= 0.6 is 24.4 Å². The van der Waals surface area contributed by atoms with E-state index in [1.165, 1.54) is 94.9 Å². The van der Waals surface area contributed by atoms with Crippen LogP contribution in [0, 0.1) is 23.7 Å². The maximum Gasteiger partial charge on any atom is 0.326 e. The molecule has 29 N–H and O–H groups in total. The van der Waals surface area contributed by atoms with E-state index in [4.69, 9.17) is 5.73 Å². The summed E-state index contributed by atoms with van der Waals surface area (Å²) in [4.78, 5) is 272. The van der Waals surface area contributed by atoms with Gasteiger partial charge in [-0.2, -0.15) is 24.4 Å². The van der Waals surface area contributed by atoms with Crippen molar-refractivity contribution in [1.29, 1.82) is 0 Å². The number of thioether (sulfide) groups is 1. The van der Waals surface area contributed by atoms with Crippen molar-refractivity contribution in [2.24, 2.45) is 29.4 Å². The Morgan fingerprint density at radius 1 is 0.410 bits per heavy atom. The number of phenolic OH excluding ortho intramolecular Hbond substituents is 2. The zero-order valence-corrected chi connectivity index (χ0v) is 78.4. The summed E-state index contributed by atoms with van der Waals surface area (Å²) in [6, 6.07) is -17.1. The summed E-state index contributed by atoms with van der Waals surface area (Å²) < 4.78 is 0. The van der Waals surface area contributed by atoms with Crippen LogP contribution in [0.25, 0.3) is 0 Å². The molecular weight excluding hydrogens is 1800 g/mol. The van der Waals surface area contributed by atoms with Gasteiger partial charge >= 0.3 is 11.9 Å². The number of carbonyl (C=O) groups excluding carboxylic acids is 18. The molecule has 1 heterocycles. The number of benzene rings is 2. The fraction of sp³-hybridized carbons (Fsp3) is 0.619. The number of carboxylic acids is 2. The first-order chi connectivity index (χ1) is 62.8. The summed E-state index contributed by atoms with van der Waals surface area (Å²) in [6.45, 7) is 14.3. The Hall–Kier alpha value is -12.1. The number of carboxylic acid groups (broad SMARTS) is 2. The lowest BCUT2D eigenvalue weighted by atomic mass is 9.99. The van der Waals surface area contributed by atoms with Gasteiger partial charge in [0.2, 0.25) is 106 Å². The molecule has 2 aromatic rings. The smallest absolute Gasteiger partial charge is 0.326 e. The predicted molar refractivity (Wildman–Crippen MR) is 483 cm³/mol. The number of primary amides is 1. The molecule has 0 bridgehead atoms. The lowest BCUT2D eigenvalue weighted by Gasteiger charge is -2.30. The molecule has 0 saturated carbocycles. The Morgan fingerprint density at radius 3 is 1.17 bits per heavy atom. The third kappa shape index (κ3) is 40.0. The molecule has 2 aromatic carbocycles. The van der Waals surface area contributed by atoms with Crippen LogP contribution in [0.2, 0.25) is 0 Å². The highest BCUT2D eigenvalue weighted by Crippen LogP contribution is 2.18. The summed E-state index contributed by atoms with van der Waals surface area (Å²) in [5, 5.41) is 135. The van der Waals surface area contributed by atoms with Gasteiger partial charge in [0, 0.05) is 18.6 Å². The van der Waals surface area contributed by atoms with Gasteiger partial charge in [0.25, 0.3) is 0 Å². The molecule has 0 radical (unpaired) electrons. The number of hydrogen-bond acceptors (Lipinski definition) is 30. The van der Waals surface area contributed by atoms with Gasteiger partial charge in [-0.15, -0.1) is 0 Å². The van der Waals surface area contributed by atoms with Crippen molar-refractivity contribution in [3.63, 3.8) is 0 Å². The number of thiol groups is 1. The van der Waals surface area contributed by atoms with Crippen LogP contribution in [0.1, 0.15) is 139 Å². The van der Waals surface area contributed by atoms with Gasteiger partial charge in [0.1, 0.15) is 108 Å². The number of aliphatic carboxylic acids is 2. The summed E-state index contributed by atoms with van der Waals surface area (Å²) in [5.41, 5.74) is 6.35. The molecule has 1 saturated heterocycles. The van der Waals surface area contributed by atoms with Crippen LogP contribution in [0.4, 0.5) is 0 Å². The molecular formula is C84H131N19O29S2. The van der Waals surface area contributed by atoms with Crippen molar-refractivity contribution in [1.82, 2.24) is 95.7 Å². The van der Waals surface area contributed by atoms with Gasteiger partial charge in [-0.25, -0.2) is 4.79 Å². The maximum atomic E-state index is 14.5. The number of aliphatic hydroxyl groups is 5. The van der Waals surface area contributed by atoms with E-state index in [0.29, 0.717) is 30.5 Å². The third-order valence-electron chi connectivity index (χ3n) is 20.7. The first-order valence-electron chi connectivity index (χ1n) is 43.3. The quantitative estimate of drug-likeness (QED) is 0.0274. The van der Waals surface area contributed by atoms with E-state index in [9.17, 15) is 142 Å². The van der Waals surface area contributed by atoms with Crippen LogP contribution in [0.3, 0.4) is 0 Å². The topological polar surface area (TPSA) is 766 Å². The monoisotopic (exact) mass is 1930 g/mol. The van der Waals surface area contributed by atoms with Gasteiger partial charge in [-0.1, -0.05) is 79.7 Å². The average Bonchev–Trinajstić information content (AvgIpc) is 0.904. The molecule has 0 unspecified atom stereocenters. The Bertz CT molecular complexity index is 4370. The number of aromatic hydroxyl groups is 2. The van der Waals surface area contributed by atoms with E-state index >= 15 is 0 Å². The van der Waals surface area contributed by atoms with Crippen molar-refractivity contribution >= 4 is 143 Å². The number of aliphatic hydroxyl groups excluding tert-OH is 5. The number of phenols is 2. The Balaban J connectivity index is 1.76. The Labute approximate surface area is 783 Å². The Kier molecular flexibility index (Phi) is 49.8. The zero-order chi connectivity index (χ0) is 101. The van der Waals surface area contributed by atoms with E-state index < -0.39 is 295 Å². The summed E-state index contributed by atoms with van der Waals surface area (Å²) in [7, 11) is 0. The zero-order valence-electron chi connectivity index (χ0n) is 76.7. The molecule has 3 rings (SSSR count). The van der Waals surface area contributed by atoms with Crippen molar-refractivity contribution in [3.8, 4) is 11.5 Å². The minimum Gasteiger partial charge on any atom is -0.508 e. The number of hydrogen-bond donors (Lipinski definition) is 29. The minimum absolute atomic E-state index is 0.0437. The number of rotatable bonds is 58. The lowest BCUT2D eigenvalue weighted by molar-refractivity contribution is -0.142. The lowest BCUT2D eigenvalue weighted by Crippen LogP contribution is -2.63. The molecule has 134 heavy (non-hydrogen) atoms. The maximum absolute atomic E-state index is 14.5. The van der Waals surface area contributed by atoms with Gasteiger partial charge in [-0.05, 0) is 137 Å². The molecule has 50 heteroatoms. The molecule has 20 atom stereocenters. The van der Waals surface area contributed by atoms with Gasteiger partial charge in [-0.3, -0.25) is 91.1 Å². The van der Waals surface area contributed by atoms with E-state index in [1.807, 2.05) is 5.32 Å². The van der Waals surface area contributed by atoms with E-state index in [-0.39, 0.29) is 55.3 Å². The SMILES string of the molecule is CSCC[C@H](NC(=O)[C@@H](NC(=O)[C@H](CC(C)C)NC(=O)[C@H](CO)NC(=O)[C@@H](NC(=O)[C@H](CC(N)=O)NC(=O)[C@H](Cc1ccc(O)cc1)NC(=O)[C@H](CC(C)C)NC(=O)[C@@H](NC(=O)[C@@H]1CCCN1)[C@@H](C)O)C(C)C)C(C)C)C(=O)N[C@@H](CO)C(=O)N[C@@H](CC(=O)O)C(=O)N[C@H](C(=O)N[C@@H](C)C(=O)NCC(=O)N[C@H](C(=O)N[C@@H](CS)C(=O)N[C@@H](Cc1ccc(O)cc1)C(=O)O)[C@@H](C)O)[C@@H](C)O. The summed E-state index contributed by atoms with van der Waals surface area (Å²) in [5.74, 6) is -26.0. The highest BCUT2D eigenvalue weighted by Gasteiger charge is 2.42.